The molecule has 1 aromatic heterocycles. The minimum absolute atomic E-state index is 0.133. The van der Waals surface area contributed by atoms with Crippen LogP contribution in [0.1, 0.15) is 51.1 Å². The van der Waals surface area contributed by atoms with Crippen LogP contribution in [0.3, 0.4) is 0 Å². The van der Waals surface area contributed by atoms with Crippen LogP contribution in [0.15, 0.2) is 53.3 Å². The Kier molecular flexibility index (Phi) is 8.11. The molecule has 0 aliphatic heterocycles. The van der Waals surface area contributed by atoms with Crippen molar-refractivity contribution in [2.24, 2.45) is 0 Å². The normalized spacial score (nSPS) is 11.3. The van der Waals surface area contributed by atoms with Gasteiger partial charge in [-0.05, 0) is 69.0 Å². The van der Waals surface area contributed by atoms with Gasteiger partial charge in [0.1, 0.15) is 11.6 Å². The minimum atomic E-state index is -1.29. The van der Waals surface area contributed by atoms with Crippen molar-refractivity contribution in [1.82, 2.24) is 14.3 Å². The third-order valence-electron chi connectivity index (χ3n) is 5.60. The number of carbonyl (C=O) groups is 2. The van der Waals surface area contributed by atoms with Gasteiger partial charge < -0.3 is 15.2 Å². The number of anilines is 1. The van der Waals surface area contributed by atoms with E-state index in [-0.39, 0.29) is 11.6 Å². The molecular weight excluding hydrogens is 448 g/mol. The lowest BCUT2D eigenvalue weighted by Gasteiger charge is -2.21. The highest BCUT2D eigenvalue weighted by Gasteiger charge is 2.29. The Morgan fingerprint density at radius 2 is 1.66 bits per heavy atom. The summed E-state index contributed by atoms with van der Waals surface area (Å²) in [5, 5.41) is 16.5. The number of rotatable bonds is 11. The fourth-order valence-electron chi connectivity index (χ4n) is 3.67. The smallest absolute Gasteiger partial charge is 0.347 e. The van der Waals surface area contributed by atoms with Crippen molar-refractivity contribution in [3.8, 4) is 5.75 Å². The van der Waals surface area contributed by atoms with Gasteiger partial charge in [0.2, 0.25) is 5.91 Å². The van der Waals surface area contributed by atoms with E-state index in [4.69, 9.17) is 4.74 Å². The van der Waals surface area contributed by atoms with Crippen LogP contribution in [-0.4, -0.2) is 36.9 Å². The molecule has 9 nitrogen and oxygen atoms in total. The Hall–Kier alpha value is -3.88. The highest BCUT2D eigenvalue weighted by molar-refractivity contribution is 5.88. The van der Waals surface area contributed by atoms with E-state index in [1.54, 1.807) is 28.8 Å². The van der Waals surface area contributed by atoms with Gasteiger partial charge in [-0.2, -0.15) is 5.10 Å². The maximum absolute atomic E-state index is 12.8. The monoisotopic (exact) mass is 480 g/mol. The average molecular weight is 481 g/mol. The van der Waals surface area contributed by atoms with Crippen LogP contribution in [0.5, 0.6) is 5.75 Å². The van der Waals surface area contributed by atoms with E-state index in [1.807, 2.05) is 31.2 Å². The van der Waals surface area contributed by atoms with Gasteiger partial charge >= 0.3 is 11.7 Å². The summed E-state index contributed by atoms with van der Waals surface area (Å²) in [5.74, 6) is 0.0945. The molecule has 1 heterocycles. The lowest BCUT2D eigenvalue weighted by Crippen LogP contribution is -2.37. The number of nitrogens with one attached hydrogen (secondary N) is 1. The van der Waals surface area contributed by atoms with Crippen molar-refractivity contribution in [2.45, 2.75) is 65.6 Å². The van der Waals surface area contributed by atoms with E-state index >= 15 is 0 Å². The number of amides is 1. The second-order valence-electron chi connectivity index (χ2n) is 8.89. The number of nitrogens with zero attached hydrogens (tertiary/aromatic N) is 3. The van der Waals surface area contributed by atoms with Crippen LogP contribution in [0, 0.1) is 0 Å². The topological polar surface area (TPSA) is 115 Å². The van der Waals surface area contributed by atoms with E-state index in [9.17, 15) is 19.5 Å². The van der Waals surface area contributed by atoms with Crippen LogP contribution in [-0.2, 0) is 35.5 Å². The first-order chi connectivity index (χ1) is 16.6. The number of benzene rings is 2. The van der Waals surface area contributed by atoms with Gasteiger partial charge in [-0.3, -0.25) is 9.36 Å². The third-order valence-corrected chi connectivity index (χ3v) is 5.60. The molecule has 2 N–H and O–H groups in total. The molecule has 0 aliphatic rings. The number of carboxylic acids is 1. The number of aliphatic carboxylic acids is 1. The zero-order valence-corrected chi connectivity index (χ0v) is 20.6. The SMILES string of the molecule is CCn1c(CCCc2ccc(OC(C)(C)C(=O)O)cc2)nn(Cc2ccc(NC(C)=O)cc2)c1=O. The number of carboxylic acid groups (broad SMARTS) is 1. The van der Waals surface area contributed by atoms with E-state index in [1.165, 1.54) is 25.5 Å². The fraction of sp³-hybridized carbons (Fsp3) is 0.385. The summed E-state index contributed by atoms with van der Waals surface area (Å²) in [5.41, 5.74) is 1.28. The molecule has 186 valence electrons. The number of hydrogen-bond acceptors (Lipinski definition) is 5. The number of ether oxygens (including phenoxy) is 1. The van der Waals surface area contributed by atoms with Gasteiger partial charge in [0.25, 0.3) is 0 Å². The summed E-state index contributed by atoms with van der Waals surface area (Å²) < 4.78 is 8.71. The second kappa shape index (κ2) is 11.0. The van der Waals surface area contributed by atoms with Crippen LogP contribution in [0.2, 0.25) is 0 Å². The zero-order valence-electron chi connectivity index (χ0n) is 20.6. The van der Waals surface area contributed by atoms with Gasteiger partial charge in [-0.25, -0.2) is 14.3 Å². The molecule has 0 radical (unpaired) electrons. The van der Waals surface area contributed by atoms with Crippen LogP contribution >= 0.6 is 0 Å². The molecule has 0 saturated heterocycles. The molecule has 35 heavy (non-hydrogen) atoms. The largest absolute Gasteiger partial charge is 0.478 e. The van der Waals surface area contributed by atoms with E-state index < -0.39 is 11.6 Å². The van der Waals surface area contributed by atoms with Crippen LogP contribution in [0.4, 0.5) is 5.69 Å². The lowest BCUT2D eigenvalue weighted by atomic mass is 10.1. The first-order valence-corrected chi connectivity index (χ1v) is 11.6. The number of aromatic nitrogens is 3. The first kappa shape index (κ1) is 25.7. The molecule has 0 saturated carbocycles. The molecular formula is C26H32N4O5. The molecule has 3 aromatic rings. The summed E-state index contributed by atoms with van der Waals surface area (Å²) in [6, 6.07) is 14.7. The minimum Gasteiger partial charge on any atom is -0.478 e. The molecule has 9 heteroatoms. The average Bonchev–Trinajstić information content (AvgIpc) is 3.09. The zero-order chi connectivity index (χ0) is 25.6. The lowest BCUT2D eigenvalue weighted by molar-refractivity contribution is -0.152. The molecule has 0 spiro atoms. The highest BCUT2D eigenvalue weighted by atomic mass is 16.5. The Morgan fingerprint density at radius 1 is 1.03 bits per heavy atom. The Morgan fingerprint density at radius 3 is 2.23 bits per heavy atom. The summed E-state index contributed by atoms with van der Waals surface area (Å²) >= 11 is 0. The predicted octanol–water partition coefficient (Wildman–Crippen LogP) is 3.49. The van der Waals surface area contributed by atoms with Crippen molar-refractivity contribution in [1.29, 1.82) is 0 Å². The quantitative estimate of drug-likeness (QED) is 0.434. The molecule has 0 bridgehead atoms. The summed E-state index contributed by atoms with van der Waals surface area (Å²) in [4.78, 5) is 35.2. The van der Waals surface area contributed by atoms with E-state index in [0.29, 0.717) is 30.9 Å². The third kappa shape index (κ3) is 6.81. The number of aryl methyl sites for hydroxylation is 2. The maximum Gasteiger partial charge on any atom is 0.347 e. The number of hydrogen-bond donors (Lipinski definition) is 2. The van der Waals surface area contributed by atoms with Crippen molar-refractivity contribution in [3.63, 3.8) is 0 Å². The molecule has 2 aromatic carbocycles. The molecule has 0 aliphatic carbocycles. The highest BCUT2D eigenvalue weighted by Crippen LogP contribution is 2.20. The number of carbonyl (C=O) groups excluding carboxylic acids is 1. The van der Waals surface area contributed by atoms with Crippen molar-refractivity contribution in [2.75, 3.05) is 5.32 Å². The predicted molar refractivity (Wildman–Crippen MR) is 133 cm³/mol. The Balaban J connectivity index is 1.61. The van der Waals surface area contributed by atoms with E-state index in [0.717, 1.165) is 29.8 Å². The van der Waals surface area contributed by atoms with Crippen molar-refractivity contribution < 1.29 is 19.4 Å². The van der Waals surface area contributed by atoms with E-state index in [2.05, 4.69) is 10.4 Å². The Labute approximate surface area is 204 Å². The Bertz CT molecular complexity index is 1220. The van der Waals surface area contributed by atoms with Crippen LogP contribution in [0.25, 0.3) is 0 Å². The second-order valence-corrected chi connectivity index (χ2v) is 8.89. The van der Waals surface area contributed by atoms with Gasteiger partial charge in [-0.15, -0.1) is 0 Å². The van der Waals surface area contributed by atoms with Crippen molar-refractivity contribution in [3.05, 3.63) is 76.0 Å². The fourth-order valence-corrected chi connectivity index (χ4v) is 3.67. The van der Waals surface area contributed by atoms with Gasteiger partial charge in [0, 0.05) is 25.6 Å². The molecule has 1 amide bonds. The molecule has 0 atom stereocenters. The first-order valence-electron chi connectivity index (χ1n) is 11.6. The standard InChI is InChI=1S/C26H32N4O5/c1-5-29-23(8-6-7-19-11-15-22(16-12-19)35-26(3,4)24(32)33)28-30(25(29)34)17-20-9-13-21(14-10-20)27-18(2)31/h9-16H,5-8,17H2,1-4H3,(H,27,31)(H,32,33). The molecule has 3 rings (SSSR count). The van der Waals surface area contributed by atoms with Gasteiger partial charge in [-0.1, -0.05) is 24.3 Å². The van der Waals surface area contributed by atoms with Crippen molar-refractivity contribution >= 4 is 17.6 Å². The van der Waals surface area contributed by atoms with Crippen LogP contribution < -0.4 is 15.7 Å². The molecule has 0 unspecified atom stereocenters. The summed E-state index contributed by atoms with van der Waals surface area (Å²) in [6.07, 6.45) is 2.25. The maximum atomic E-state index is 12.8. The molecule has 0 fully saturated rings. The summed E-state index contributed by atoms with van der Waals surface area (Å²) in [6.45, 7) is 7.30. The van der Waals surface area contributed by atoms with Gasteiger partial charge in [0.15, 0.2) is 5.60 Å². The van der Waals surface area contributed by atoms with Gasteiger partial charge in [0.05, 0.1) is 6.54 Å². The summed E-state index contributed by atoms with van der Waals surface area (Å²) in [7, 11) is 0.